The molecule has 0 unspecified atom stereocenters. The average molecular weight is 345 g/mol. The number of phenols is 1. The van der Waals surface area contributed by atoms with Crippen LogP contribution >= 0.6 is 23.2 Å². The lowest BCUT2D eigenvalue weighted by atomic mass is 10.2. The molecule has 0 aliphatic rings. The summed E-state index contributed by atoms with van der Waals surface area (Å²) in [6.07, 6.45) is 1.12. The zero-order valence-electron chi connectivity index (χ0n) is 10.5. The smallest absolute Gasteiger partial charge is 0.276 e. The molecule has 8 heteroatoms. The van der Waals surface area contributed by atoms with E-state index in [0.29, 0.717) is 5.02 Å². The Morgan fingerprint density at radius 3 is 2.48 bits per heavy atom. The van der Waals surface area contributed by atoms with Gasteiger partial charge in [-0.3, -0.25) is 0 Å². The first-order chi connectivity index (χ1) is 9.90. The number of rotatable bonds is 4. The molecule has 0 saturated carbocycles. The SMILES string of the molecule is O=S(=O)(N/N=C\c1cc(Cl)cc(Cl)c1O)c1ccccc1. The van der Waals surface area contributed by atoms with Gasteiger partial charge in [-0.05, 0) is 24.3 Å². The number of sulfonamides is 1. The first kappa shape index (κ1) is 15.6. The van der Waals surface area contributed by atoms with Crippen LogP contribution < -0.4 is 4.83 Å². The molecule has 110 valence electrons. The number of hydrogen-bond donors (Lipinski definition) is 2. The third-order valence-corrected chi connectivity index (χ3v) is 4.23. The number of aromatic hydroxyl groups is 1. The molecule has 0 amide bonds. The molecule has 0 radical (unpaired) electrons. The molecule has 0 saturated heterocycles. The van der Waals surface area contributed by atoms with E-state index < -0.39 is 10.0 Å². The van der Waals surface area contributed by atoms with E-state index in [2.05, 4.69) is 5.10 Å². The van der Waals surface area contributed by atoms with Gasteiger partial charge < -0.3 is 5.11 Å². The summed E-state index contributed by atoms with van der Waals surface area (Å²) >= 11 is 11.5. The molecule has 0 aromatic heterocycles. The standard InChI is InChI=1S/C13H10Cl2N2O3S/c14-10-6-9(13(18)12(15)7-10)8-16-17-21(19,20)11-4-2-1-3-5-11/h1-8,17-18H/b16-8-. The summed E-state index contributed by atoms with van der Waals surface area (Å²) in [4.78, 5) is 2.11. The predicted octanol–water partition coefficient (Wildman–Crippen LogP) is 3.01. The second kappa shape index (κ2) is 6.34. The van der Waals surface area contributed by atoms with Crippen molar-refractivity contribution in [2.75, 3.05) is 0 Å². The molecule has 0 atom stereocenters. The van der Waals surface area contributed by atoms with Gasteiger partial charge in [0, 0.05) is 10.6 Å². The lowest BCUT2D eigenvalue weighted by molar-refractivity contribution is 0.474. The molecule has 2 aromatic carbocycles. The van der Waals surface area contributed by atoms with Gasteiger partial charge in [0.25, 0.3) is 10.0 Å². The van der Waals surface area contributed by atoms with Gasteiger partial charge in [0.15, 0.2) is 0 Å². The molecule has 21 heavy (non-hydrogen) atoms. The Labute approximate surface area is 131 Å². The minimum atomic E-state index is -3.76. The highest BCUT2D eigenvalue weighted by Crippen LogP contribution is 2.29. The molecular weight excluding hydrogens is 335 g/mol. The molecule has 0 bridgehead atoms. The highest BCUT2D eigenvalue weighted by atomic mass is 35.5. The summed E-state index contributed by atoms with van der Waals surface area (Å²) in [5.74, 6) is -0.233. The van der Waals surface area contributed by atoms with Crippen LogP contribution in [0.4, 0.5) is 0 Å². The van der Waals surface area contributed by atoms with Crippen LogP contribution in [0.3, 0.4) is 0 Å². The molecule has 0 aliphatic carbocycles. The maximum Gasteiger partial charge on any atom is 0.276 e. The Kier molecular flexibility index (Phi) is 4.72. The Balaban J connectivity index is 2.20. The van der Waals surface area contributed by atoms with Crippen molar-refractivity contribution in [1.29, 1.82) is 0 Å². The normalized spacial score (nSPS) is 11.7. The van der Waals surface area contributed by atoms with Gasteiger partial charge in [-0.25, -0.2) is 4.83 Å². The molecule has 2 rings (SSSR count). The molecule has 0 aliphatic heterocycles. The molecule has 2 aromatic rings. The Morgan fingerprint density at radius 1 is 1.14 bits per heavy atom. The quantitative estimate of drug-likeness (QED) is 0.660. The maximum atomic E-state index is 11.9. The van der Waals surface area contributed by atoms with Crippen LogP contribution in [-0.2, 0) is 10.0 Å². The number of nitrogens with zero attached hydrogens (tertiary/aromatic N) is 1. The Bertz CT molecular complexity index is 778. The molecule has 5 nitrogen and oxygen atoms in total. The van der Waals surface area contributed by atoms with E-state index in [9.17, 15) is 13.5 Å². The van der Waals surface area contributed by atoms with Gasteiger partial charge in [0.1, 0.15) is 5.75 Å². The van der Waals surface area contributed by atoms with E-state index in [4.69, 9.17) is 23.2 Å². The van der Waals surface area contributed by atoms with Gasteiger partial charge in [-0.15, -0.1) is 0 Å². The van der Waals surface area contributed by atoms with Gasteiger partial charge in [0.2, 0.25) is 0 Å². The van der Waals surface area contributed by atoms with Crippen LogP contribution in [0.5, 0.6) is 5.75 Å². The average Bonchev–Trinajstić information content (AvgIpc) is 2.45. The van der Waals surface area contributed by atoms with Gasteiger partial charge in [-0.2, -0.15) is 13.5 Å². The second-order valence-corrected chi connectivity index (χ2v) is 6.50. The number of phenolic OH excluding ortho intramolecular Hbond substituents is 1. The van der Waals surface area contributed by atoms with E-state index in [-0.39, 0.29) is 21.2 Å². The van der Waals surface area contributed by atoms with Gasteiger partial charge in [0.05, 0.1) is 16.1 Å². The van der Waals surface area contributed by atoms with Crippen molar-refractivity contribution in [2.24, 2.45) is 5.10 Å². The summed E-state index contributed by atoms with van der Waals surface area (Å²) in [5.41, 5.74) is 0.197. The summed E-state index contributed by atoms with van der Waals surface area (Å²) in [6, 6.07) is 10.5. The van der Waals surface area contributed by atoms with Crippen molar-refractivity contribution < 1.29 is 13.5 Å². The molecular formula is C13H10Cl2N2O3S. The molecule has 0 fully saturated rings. The van der Waals surface area contributed by atoms with Crippen molar-refractivity contribution in [3.63, 3.8) is 0 Å². The summed E-state index contributed by atoms with van der Waals surface area (Å²) in [5, 5.41) is 13.6. The van der Waals surface area contributed by atoms with E-state index in [1.807, 2.05) is 4.83 Å². The minimum Gasteiger partial charge on any atom is -0.506 e. The monoisotopic (exact) mass is 344 g/mol. The summed E-state index contributed by atoms with van der Waals surface area (Å²) < 4.78 is 23.8. The molecule has 2 N–H and O–H groups in total. The van der Waals surface area contributed by atoms with Gasteiger partial charge in [-0.1, -0.05) is 41.4 Å². The first-order valence-electron chi connectivity index (χ1n) is 5.68. The van der Waals surface area contributed by atoms with Crippen molar-refractivity contribution in [3.8, 4) is 5.75 Å². The highest BCUT2D eigenvalue weighted by molar-refractivity contribution is 7.89. The lowest BCUT2D eigenvalue weighted by Gasteiger charge is -2.04. The zero-order chi connectivity index (χ0) is 15.5. The van der Waals surface area contributed by atoms with Crippen molar-refractivity contribution in [3.05, 3.63) is 58.1 Å². The van der Waals surface area contributed by atoms with Crippen molar-refractivity contribution >= 4 is 39.4 Å². The van der Waals surface area contributed by atoms with E-state index in [1.165, 1.54) is 24.3 Å². The number of benzene rings is 2. The third-order valence-electron chi connectivity index (χ3n) is 2.49. The van der Waals surface area contributed by atoms with Crippen molar-refractivity contribution in [1.82, 2.24) is 4.83 Å². The minimum absolute atomic E-state index is 0.0508. The van der Waals surface area contributed by atoms with Crippen LogP contribution in [-0.4, -0.2) is 19.7 Å². The number of halogens is 2. The second-order valence-electron chi connectivity index (χ2n) is 3.99. The van der Waals surface area contributed by atoms with Crippen LogP contribution in [0, 0.1) is 0 Å². The van der Waals surface area contributed by atoms with Gasteiger partial charge >= 0.3 is 0 Å². The predicted molar refractivity (Wildman–Crippen MR) is 82.5 cm³/mol. The first-order valence-corrected chi connectivity index (χ1v) is 7.92. The maximum absolute atomic E-state index is 11.9. The van der Waals surface area contributed by atoms with Crippen LogP contribution in [0.1, 0.15) is 5.56 Å². The number of hydrogen-bond acceptors (Lipinski definition) is 4. The number of hydrazone groups is 1. The third kappa shape index (κ3) is 3.87. The van der Waals surface area contributed by atoms with Crippen molar-refractivity contribution in [2.45, 2.75) is 4.90 Å². The molecule has 0 spiro atoms. The number of nitrogens with one attached hydrogen (secondary N) is 1. The summed E-state index contributed by atoms with van der Waals surface area (Å²) in [6.45, 7) is 0. The van der Waals surface area contributed by atoms with Crippen LogP contribution in [0.2, 0.25) is 10.0 Å². The summed E-state index contributed by atoms with van der Waals surface area (Å²) in [7, 11) is -3.76. The fourth-order valence-corrected chi connectivity index (χ4v) is 2.82. The fraction of sp³-hybridized carbons (Fsp3) is 0. The Hall–Kier alpha value is -1.76. The topological polar surface area (TPSA) is 78.8 Å². The highest BCUT2D eigenvalue weighted by Gasteiger charge is 2.11. The lowest BCUT2D eigenvalue weighted by Crippen LogP contribution is -2.18. The Morgan fingerprint density at radius 2 is 1.81 bits per heavy atom. The largest absolute Gasteiger partial charge is 0.506 e. The van der Waals surface area contributed by atoms with E-state index in [0.717, 1.165) is 6.21 Å². The zero-order valence-corrected chi connectivity index (χ0v) is 12.8. The van der Waals surface area contributed by atoms with E-state index in [1.54, 1.807) is 18.2 Å². The van der Waals surface area contributed by atoms with Crippen LogP contribution in [0.15, 0.2) is 52.5 Å². The van der Waals surface area contributed by atoms with Crippen LogP contribution in [0.25, 0.3) is 0 Å². The fourth-order valence-electron chi connectivity index (χ4n) is 1.50. The molecule has 0 heterocycles. The van der Waals surface area contributed by atoms with E-state index >= 15 is 0 Å².